The fourth-order valence-electron chi connectivity index (χ4n) is 1.74. The van der Waals surface area contributed by atoms with Crippen LogP contribution >= 0.6 is 0 Å². The summed E-state index contributed by atoms with van der Waals surface area (Å²) in [5.41, 5.74) is 1.87. The molecule has 5 heteroatoms. The fourth-order valence-corrected chi connectivity index (χ4v) is 3.04. The van der Waals surface area contributed by atoms with Gasteiger partial charge in [-0.25, -0.2) is 12.8 Å². The van der Waals surface area contributed by atoms with Crippen molar-refractivity contribution in [1.29, 1.82) is 0 Å². The van der Waals surface area contributed by atoms with Gasteiger partial charge in [0.15, 0.2) is 0 Å². The molecule has 0 atom stereocenters. The lowest BCUT2D eigenvalue weighted by Gasteiger charge is -2.09. The van der Waals surface area contributed by atoms with Crippen LogP contribution in [0.5, 0.6) is 0 Å². The molecule has 0 fully saturated rings. The van der Waals surface area contributed by atoms with Gasteiger partial charge < -0.3 is 0 Å². The SMILES string of the molecule is Cc1ccccc1CS(=O)(=O)Nc1cccc(F)c1. The largest absolute Gasteiger partial charge is 0.283 e. The molecule has 0 aromatic heterocycles. The molecule has 0 amide bonds. The van der Waals surface area contributed by atoms with Gasteiger partial charge in [-0.2, -0.15) is 0 Å². The molecular formula is C14H14FNO2S. The molecule has 0 bridgehead atoms. The van der Waals surface area contributed by atoms with Crippen molar-refractivity contribution < 1.29 is 12.8 Å². The third kappa shape index (κ3) is 3.79. The standard InChI is InChI=1S/C14H14FNO2S/c1-11-5-2-3-6-12(11)10-19(17,18)16-14-8-4-7-13(15)9-14/h2-9,16H,10H2,1H3. The predicted molar refractivity (Wildman–Crippen MR) is 73.8 cm³/mol. The lowest BCUT2D eigenvalue weighted by Crippen LogP contribution is -2.15. The average molecular weight is 279 g/mol. The number of benzene rings is 2. The molecule has 2 rings (SSSR count). The van der Waals surface area contributed by atoms with Crippen LogP contribution in [0.3, 0.4) is 0 Å². The molecule has 0 saturated carbocycles. The van der Waals surface area contributed by atoms with Crippen LogP contribution < -0.4 is 4.72 Å². The molecule has 19 heavy (non-hydrogen) atoms. The van der Waals surface area contributed by atoms with Crippen molar-refractivity contribution >= 4 is 15.7 Å². The first kappa shape index (κ1) is 13.5. The van der Waals surface area contributed by atoms with Gasteiger partial charge in [0.1, 0.15) is 5.82 Å². The second-order valence-corrected chi connectivity index (χ2v) is 6.02. The minimum absolute atomic E-state index is 0.129. The van der Waals surface area contributed by atoms with E-state index in [1.807, 2.05) is 19.1 Å². The molecule has 1 N–H and O–H groups in total. The van der Waals surface area contributed by atoms with Gasteiger partial charge in [-0.15, -0.1) is 0 Å². The smallest absolute Gasteiger partial charge is 0.236 e. The monoisotopic (exact) mass is 279 g/mol. The van der Waals surface area contributed by atoms with Gasteiger partial charge in [0.25, 0.3) is 0 Å². The van der Waals surface area contributed by atoms with Crippen LogP contribution in [0.4, 0.5) is 10.1 Å². The molecule has 0 unspecified atom stereocenters. The molecule has 0 radical (unpaired) electrons. The van der Waals surface area contributed by atoms with Crippen LogP contribution in [0, 0.1) is 12.7 Å². The second-order valence-electron chi connectivity index (χ2n) is 4.30. The number of rotatable bonds is 4. The first-order valence-corrected chi connectivity index (χ1v) is 7.42. The lowest BCUT2D eigenvalue weighted by molar-refractivity contribution is 0.600. The van der Waals surface area contributed by atoms with Gasteiger partial charge in [-0.05, 0) is 36.2 Å². The highest BCUT2D eigenvalue weighted by molar-refractivity contribution is 7.91. The molecule has 2 aromatic carbocycles. The zero-order valence-electron chi connectivity index (χ0n) is 10.4. The maximum Gasteiger partial charge on any atom is 0.236 e. The van der Waals surface area contributed by atoms with Crippen molar-refractivity contribution in [1.82, 2.24) is 0 Å². The summed E-state index contributed by atoms with van der Waals surface area (Å²) in [4.78, 5) is 0. The fraction of sp³-hybridized carbons (Fsp3) is 0.143. The lowest BCUT2D eigenvalue weighted by atomic mass is 10.1. The summed E-state index contributed by atoms with van der Waals surface area (Å²) in [5, 5.41) is 0. The Morgan fingerprint density at radius 3 is 2.53 bits per heavy atom. The molecule has 0 aliphatic heterocycles. The second kappa shape index (κ2) is 5.40. The summed E-state index contributed by atoms with van der Waals surface area (Å²) in [7, 11) is -3.54. The zero-order valence-corrected chi connectivity index (χ0v) is 11.2. The van der Waals surface area contributed by atoms with Gasteiger partial charge in [0, 0.05) is 0 Å². The van der Waals surface area contributed by atoms with E-state index in [9.17, 15) is 12.8 Å². The number of sulfonamides is 1. The van der Waals surface area contributed by atoms with Crippen molar-refractivity contribution in [3.8, 4) is 0 Å². The Kier molecular flexibility index (Phi) is 3.85. The highest BCUT2D eigenvalue weighted by atomic mass is 32.2. The highest BCUT2D eigenvalue weighted by Crippen LogP contribution is 2.15. The summed E-state index contributed by atoms with van der Waals surface area (Å²) in [6, 6.07) is 12.6. The number of hydrogen-bond acceptors (Lipinski definition) is 2. The Morgan fingerprint density at radius 1 is 1.11 bits per heavy atom. The van der Waals surface area contributed by atoms with E-state index >= 15 is 0 Å². The first-order valence-electron chi connectivity index (χ1n) is 5.77. The third-order valence-corrected chi connectivity index (χ3v) is 3.94. The van der Waals surface area contributed by atoms with Gasteiger partial charge >= 0.3 is 0 Å². The number of aryl methyl sites for hydroxylation is 1. The van der Waals surface area contributed by atoms with Crippen LogP contribution in [-0.2, 0) is 15.8 Å². The molecule has 0 spiro atoms. The Morgan fingerprint density at radius 2 is 1.84 bits per heavy atom. The van der Waals surface area contributed by atoms with Crippen LogP contribution in [-0.4, -0.2) is 8.42 Å². The molecule has 0 saturated heterocycles. The number of halogens is 1. The molecular weight excluding hydrogens is 265 g/mol. The van der Waals surface area contributed by atoms with Gasteiger partial charge in [0.2, 0.25) is 10.0 Å². The van der Waals surface area contributed by atoms with E-state index in [2.05, 4.69) is 4.72 Å². The van der Waals surface area contributed by atoms with E-state index in [0.717, 1.165) is 17.2 Å². The van der Waals surface area contributed by atoms with Gasteiger partial charge in [0.05, 0.1) is 11.4 Å². The summed E-state index contributed by atoms with van der Waals surface area (Å²) in [6.07, 6.45) is 0. The minimum Gasteiger partial charge on any atom is -0.283 e. The molecule has 0 aliphatic rings. The Labute approximate surface area is 112 Å². The maximum absolute atomic E-state index is 13.0. The Bertz CT molecular complexity index is 683. The predicted octanol–water partition coefficient (Wildman–Crippen LogP) is 3.08. The minimum atomic E-state index is -3.54. The van der Waals surface area contributed by atoms with Gasteiger partial charge in [-0.1, -0.05) is 30.3 Å². The average Bonchev–Trinajstić information content (AvgIpc) is 2.31. The van der Waals surface area contributed by atoms with Crippen molar-refractivity contribution in [3.05, 3.63) is 65.5 Å². The number of nitrogens with one attached hydrogen (secondary N) is 1. The van der Waals surface area contributed by atoms with Crippen molar-refractivity contribution in [2.75, 3.05) is 4.72 Å². The summed E-state index contributed by atoms with van der Waals surface area (Å²) >= 11 is 0. The van der Waals surface area contributed by atoms with Crippen molar-refractivity contribution in [3.63, 3.8) is 0 Å². The zero-order chi connectivity index (χ0) is 13.9. The number of hydrogen-bond donors (Lipinski definition) is 1. The van der Waals surface area contributed by atoms with Crippen LogP contribution in [0.15, 0.2) is 48.5 Å². The van der Waals surface area contributed by atoms with Crippen LogP contribution in [0.25, 0.3) is 0 Å². The maximum atomic E-state index is 13.0. The Balaban J connectivity index is 2.18. The van der Waals surface area contributed by atoms with E-state index in [1.165, 1.54) is 18.2 Å². The normalized spacial score (nSPS) is 11.3. The first-order chi connectivity index (χ1) is 8.96. The number of anilines is 1. The molecule has 0 heterocycles. The topological polar surface area (TPSA) is 46.2 Å². The van der Waals surface area contributed by atoms with E-state index in [1.54, 1.807) is 12.1 Å². The quantitative estimate of drug-likeness (QED) is 0.935. The van der Waals surface area contributed by atoms with E-state index in [0.29, 0.717) is 0 Å². The highest BCUT2D eigenvalue weighted by Gasteiger charge is 2.13. The molecule has 3 nitrogen and oxygen atoms in total. The van der Waals surface area contributed by atoms with Crippen LogP contribution in [0.1, 0.15) is 11.1 Å². The summed E-state index contributed by atoms with van der Waals surface area (Å²) < 4.78 is 39.4. The van der Waals surface area contributed by atoms with E-state index in [4.69, 9.17) is 0 Å². The summed E-state index contributed by atoms with van der Waals surface area (Å²) in [6.45, 7) is 1.85. The van der Waals surface area contributed by atoms with Gasteiger partial charge in [-0.3, -0.25) is 4.72 Å². The van der Waals surface area contributed by atoms with Crippen LogP contribution in [0.2, 0.25) is 0 Å². The van der Waals surface area contributed by atoms with E-state index in [-0.39, 0.29) is 11.4 Å². The van der Waals surface area contributed by atoms with Crippen molar-refractivity contribution in [2.45, 2.75) is 12.7 Å². The Hall–Kier alpha value is -1.88. The summed E-state index contributed by atoms with van der Waals surface area (Å²) in [5.74, 6) is -0.605. The molecule has 100 valence electrons. The molecule has 2 aromatic rings. The van der Waals surface area contributed by atoms with E-state index < -0.39 is 15.8 Å². The van der Waals surface area contributed by atoms with Crippen molar-refractivity contribution in [2.24, 2.45) is 0 Å². The third-order valence-electron chi connectivity index (χ3n) is 2.70. The molecule has 0 aliphatic carbocycles.